The minimum absolute atomic E-state index is 0.0130. The topological polar surface area (TPSA) is 104 Å². The van der Waals surface area contributed by atoms with E-state index in [9.17, 15) is 13.2 Å². The van der Waals surface area contributed by atoms with E-state index in [0.717, 1.165) is 6.42 Å². The number of pyridine rings is 1. The molecule has 1 aliphatic rings. The highest BCUT2D eigenvalue weighted by Gasteiger charge is 2.31. The highest BCUT2D eigenvalue weighted by molar-refractivity contribution is 7.91. The maximum Gasteiger partial charge on any atom is 0.294 e. The Labute approximate surface area is 176 Å². The molecule has 0 atom stereocenters. The second-order valence-corrected chi connectivity index (χ2v) is 8.83. The molecule has 29 heavy (non-hydrogen) atoms. The van der Waals surface area contributed by atoms with Gasteiger partial charge in [-0.25, -0.2) is 23.4 Å². The Morgan fingerprint density at radius 3 is 2.62 bits per heavy atom. The third kappa shape index (κ3) is 5.51. The molecule has 1 amide bonds. The van der Waals surface area contributed by atoms with Gasteiger partial charge in [0.25, 0.3) is 5.91 Å². The van der Waals surface area contributed by atoms with Gasteiger partial charge in [-0.2, -0.15) is 0 Å². The van der Waals surface area contributed by atoms with E-state index >= 15 is 0 Å². The molecule has 1 aromatic rings. The number of carbonyl (C=O) groups is 1. The fourth-order valence-corrected chi connectivity index (χ4v) is 3.45. The summed E-state index contributed by atoms with van der Waals surface area (Å²) >= 11 is 5.82. The molecule has 0 bridgehead atoms. The van der Waals surface area contributed by atoms with Gasteiger partial charge in [-0.3, -0.25) is 9.69 Å². The van der Waals surface area contributed by atoms with E-state index in [1.807, 2.05) is 6.92 Å². The average molecular weight is 438 g/mol. The van der Waals surface area contributed by atoms with Crippen LogP contribution in [0.15, 0.2) is 56.8 Å². The van der Waals surface area contributed by atoms with Gasteiger partial charge in [-0.05, 0) is 25.0 Å². The number of allylic oxidation sites excluding steroid dienone is 1. The van der Waals surface area contributed by atoms with Gasteiger partial charge >= 0.3 is 0 Å². The van der Waals surface area contributed by atoms with Crippen molar-refractivity contribution in [1.82, 2.24) is 15.2 Å². The molecule has 0 saturated heterocycles. The molecule has 10 heteroatoms. The first-order chi connectivity index (χ1) is 13.7. The Kier molecular flexibility index (Phi) is 7.69. The predicted octanol–water partition coefficient (Wildman–Crippen LogP) is 2.63. The smallest absolute Gasteiger partial charge is 0.294 e. The van der Waals surface area contributed by atoms with Gasteiger partial charge in [0.1, 0.15) is 10.9 Å². The molecule has 2 heterocycles. The lowest BCUT2D eigenvalue weighted by Crippen LogP contribution is -2.50. The van der Waals surface area contributed by atoms with E-state index in [0.29, 0.717) is 23.6 Å². The van der Waals surface area contributed by atoms with Crippen molar-refractivity contribution in [2.75, 3.05) is 12.3 Å². The van der Waals surface area contributed by atoms with E-state index < -0.39 is 9.84 Å². The molecule has 0 unspecified atom stereocenters. The zero-order valence-electron chi connectivity index (χ0n) is 16.6. The number of rotatable bonds is 7. The summed E-state index contributed by atoms with van der Waals surface area (Å²) in [6.45, 7) is 9.58. The van der Waals surface area contributed by atoms with Crippen LogP contribution in [0.3, 0.4) is 0 Å². The number of nitrogens with one attached hydrogen (secondary N) is 1. The van der Waals surface area contributed by atoms with Gasteiger partial charge in [-0.1, -0.05) is 44.2 Å². The van der Waals surface area contributed by atoms with Crippen LogP contribution in [0, 0.1) is 0 Å². The Morgan fingerprint density at radius 1 is 1.38 bits per heavy atom. The Balaban J connectivity index is 2.25. The number of hydrogen-bond acceptors (Lipinski definition) is 7. The van der Waals surface area contributed by atoms with E-state index in [4.69, 9.17) is 11.6 Å². The number of sulfone groups is 1. The maximum absolute atomic E-state index is 12.9. The third-order valence-electron chi connectivity index (χ3n) is 4.07. The van der Waals surface area contributed by atoms with Crippen LogP contribution >= 0.6 is 11.6 Å². The van der Waals surface area contributed by atoms with E-state index in [2.05, 4.69) is 26.9 Å². The fourth-order valence-electron chi connectivity index (χ4n) is 2.59. The van der Waals surface area contributed by atoms with Gasteiger partial charge in [0, 0.05) is 19.3 Å². The monoisotopic (exact) mass is 437 g/mol. The summed E-state index contributed by atoms with van der Waals surface area (Å²) in [5.74, 6) is 0.185. The maximum atomic E-state index is 12.9. The lowest BCUT2D eigenvalue weighted by atomic mass is 10.2. The summed E-state index contributed by atoms with van der Waals surface area (Å²) in [7, 11) is -3.35. The Hall–Kier alpha value is -2.52. The minimum Gasteiger partial charge on any atom is -0.361 e. The molecule has 0 fully saturated rings. The second kappa shape index (κ2) is 9.80. The molecule has 0 saturated carbocycles. The number of aromatic nitrogens is 1. The molecule has 0 aliphatic carbocycles. The first-order valence-corrected chi connectivity index (χ1v) is 11.2. The van der Waals surface area contributed by atoms with Crippen molar-refractivity contribution in [1.29, 1.82) is 0 Å². The Morgan fingerprint density at radius 2 is 2.10 bits per heavy atom. The zero-order valence-corrected chi connectivity index (χ0v) is 18.2. The second-order valence-electron chi connectivity index (χ2n) is 6.16. The molecular formula is C19H24ClN5O3S. The van der Waals surface area contributed by atoms with Crippen LogP contribution in [-0.2, 0) is 21.2 Å². The number of nitrogens with zero attached hydrogens (tertiary/aromatic N) is 4. The molecule has 1 N–H and O–H groups in total. The third-order valence-corrected chi connectivity index (χ3v) is 5.79. The summed E-state index contributed by atoms with van der Waals surface area (Å²) in [6.07, 6.45) is 3.93. The van der Waals surface area contributed by atoms with Crippen LogP contribution in [0.1, 0.15) is 32.8 Å². The summed E-state index contributed by atoms with van der Waals surface area (Å²) in [4.78, 5) is 26.9. The lowest BCUT2D eigenvalue weighted by Gasteiger charge is -2.29. The van der Waals surface area contributed by atoms with Crippen LogP contribution in [0.4, 0.5) is 0 Å². The number of hydrogen-bond donors (Lipinski definition) is 1. The van der Waals surface area contributed by atoms with Crippen molar-refractivity contribution in [3.8, 4) is 0 Å². The highest BCUT2D eigenvalue weighted by Crippen LogP contribution is 2.17. The number of amidine groups is 2. The molecule has 0 spiro atoms. The molecule has 2 rings (SSSR count). The standard InChI is InChI=1S/C19H24ClN5O3S/c1-5-10-25-18(23-13(4)20)15(6-2)24-17(19(25)26)22-12-14-8-9-16(21-11-14)29(27,28)7-3/h6,8-9,11H,4-5,7,10,12H2,1-3H3,(H,22,24)/b15-6+,23-18+. The molecule has 0 radical (unpaired) electrons. The average Bonchev–Trinajstić information content (AvgIpc) is 2.70. The number of amides is 1. The predicted molar refractivity (Wildman–Crippen MR) is 114 cm³/mol. The van der Waals surface area contributed by atoms with Crippen molar-refractivity contribution in [2.45, 2.75) is 38.8 Å². The van der Waals surface area contributed by atoms with Crippen LogP contribution in [-0.4, -0.2) is 48.2 Å². The van der Waals surface area contributed by atoms with E-state index in [1.165, 1.54) is 17.2 Å². The molecular weight excluding hydrogens is 414 g/mol. The van der Waals surface area contributed by atoms with Crippen molar-refractivity contribution in [3.63, 3.8) is 0 Å². The summed E-state index contributed by atoms with van der Waals surface area (Å²) in [5, 5.41) is 3.10. The van der Waals surface area contributed by atoms with Gasteiger partial charge in [-0.15, -0.1) is 0 Å². The summed E-state index contributed by atoms with van der Waals surface area (Å²) in [6, 6.07) is 3.11. The van der Waals surface area contributed by atoms with Crippen molar-refractivity contribution in [2.24, 2.45) is 9.98 Å². The first kappa shape index (κ1) is 22.8. The van der Waals surface area contributed by atoms with E-state index in [-0.39, 0.29) is 34.2 Å². The van der Waals surface area contributed by atoms with Crippen LogP contribution in [0.2, 0.25) is 0 Å². The fraction of sp³-hybridized carbons (Fsp3) is 0.368. The summed E-state index contributed by atoms with van der Waals surface area (Å²) in [5.41, 5.74) is 1.22. The van der Waals surface area contributed by atoms with E-state index in [1.54, 1.807) is 26.0 Å². The Bertz CT molecular complexity index is 982. The normalized spacial score (nSPS) is 17.6. The summed E-state index contributed by atoms with van der Waals surface area (Å²) < 4.78 is 23.7. The first-order valence-electron chi connectivity index (χ1n) is 9.15. The molecule has 0 aromatic carbocycles. The lowest BCUT2D eigenvalue weighted by molar-refractivity contribution is -0.121. The molecule has 8 nitrogen and oxygen atoms in total. The van der Waals surface area contributed by atoms with Crippen LogP contribution in [0.5, 0.6) is 0 Å². The quantitative estimate of drug-likeness (QED) is 0.660. The highest BCUT2D eigenvalue weighted by atomic mass is 35.5. The number of carbonyl (C=O) groups excluding carboxylic acids is 1. The van der Waals surface area contributed by atoms with Gasteiger partial charge < -0.3 is 5.32 Å². The zero-order chi connectivity index (χ0) is 21.6. The van der Waals surface area contributed by atoms with Crippen LogP contribution < -0.4 is 5.32 Å². The van der Waals surface area contributed by atoms with Gasteiger partial charge in [0.05, 0.1) is 5.75 Å². The van der Waals surface area contributed by atoms with Crippen molar-refractivity contribution < 1.29 is 13.2 Å². The van der Waals surface area contributed by atoms with Crippen molar-refractivity contribution >= 4 is 39.0 Å². The largest absolute Gasteiger partial charge is 0.361 e. The molecule has 1 aliphatic heterocycles. The van der Waals surface area contributed by atoms with Crippen molar-refractivity contribution in [3.05, 3.63) is 47.4 Å². The SMILES string of the molecule is C=C(Cl)/N=C1\C(=C/C)N=C(NCc2ccc(S(=O)(=O)CC)nc2)C(=O)N1CCC. The number of aliphatic imine (C=N–C) groups is 2. The van der Waals surface area contributed by atoms with Crippen LogP contribution in [0.25, 0.3) is 0 Å². The molecule has 156 valence electrons. The minimum atomic E-state index is -3.35. The van der Waals surface area contributed by atoms with Gasteiger partial charge in [0.15, 0.2) is 26.5 Å². The number of halogens is 1. The molecule has 1 aromatic heterocycles. The van der Waals surface area contributed by atoms with Gasteiger partial charge in [0.2, 0.25) is 0 Å².